The van der Waals surface area contributed by atoms with Crippen molar-refractivity contribution >= 4 is 17.1 Å². The number of piperidine rings is 3. The van der Waals surface area contributed by atoms with Crippen molar-refractivity contribution in [2.24, 2.45) is 5.92 Å². The minimum Gasteiger partial charge on any atom is -0.617 e. The Morgan fingerprint density at radius 1 is 1.36 bits per heavy atom. The molecule has 3 atom stereocenters. The van der Waals surface area contributed by atoms with Crippen molar-refractivity contribution in [3.8, 4) is 0 Å². The molecule has 138 valence electrons. The molecule has 3 heterocycles. The lowest BCUT2D eigenvalue weighted by Crippen LogP contribution is -2.54. The Bertz CT molecular complexity index is 574. The van der Waals surface area contributed by atoms with Crippen LogP contribution in [0.15, 0.2) is 30.3 Å². The van der Waals surface area contributed by atoms with Crippen LogP contribution >= 0.6 is 0 Å². The summed E-state index contributed by atoms with van der Waals surface area (Å²) in [4.78, 5) is 15.5. The Kier molecular flexibility index (Phi) is 6.04. The molecule has 25 heavy (non-hydrogen) atoms. The van der Waals surface area contributed by atoms with Gasteiger partial charge in [0.1, 0.15) is 17.3 Å². The van der Waals surface area contributed by atoms with Crippen molar-refractivity contribution in [1.82, 2.24) is 4.90 Å². The molecular weight excluding hydrogens is 338 g/mol. The highest BCUT2D eigenvalue weighted by Crippen LogP contribution is 2.34. The van der Waals surface area contributed by atoms with Crippen molar-refractivity contribution in [3.63, 3.8) is 0 Å². The van der Waals surface area contributed by atoms with E-state index in [1.807, 2.05) is 30.3 Å². The Morgan fingerprint density at radius 3 is 2.56 bits per heavy atom. The first-order valence-corrected chi connectivity index (χ1v) is 10.7. The molecule has 0 radical (unpaired) electrons. The van der Waals surface area contributed by atoms with E-state index >= 15 is 0 Å². The Labute approximate surface area is 152 Å². The molecule has 6 heteroatoms. The van der Waals surface area contributed by atoms with Crippen LogP contribution in [0.5, 0.6) is 0 Å². The zero-order valence-electron chi connectivity index (χ0n) is 14.7. The van der Waals surface area contributed by atoms with Gasteiger partial charge >= 0.3 is 5.97 Å². The van der Waals surface area contributed by atoms with Gasteiger partial charge in [-0.15, -0.1) is 0 Å². The van der Waals surface area contributed by atoms with E-state index in [0.29, 0.717) is 18.1 Å². The molecule has 0 saturated carbocycles. The van der Waals surface area contributed by atoms with Crippen LogP contribution in [-0.2, 0) is 26.1 Å². The maximum Gasteiger partial charge on any atom is 0.319 e. The molecule has 5 nitrogen and oxygen atoms in total. The van der Waals surface area contributed by atoms with Crippen molar-refractivity contribution in [2.75, 3.05) is 38.2 Å². The molecule has 0 spiro atoms. The summed E-state index contributed by atoms with van der Waals surface area (Å²) in [5.41, 5.74) is -0.409. The molecule has 4 rings (SSSR count). The molecular formula is C19H27NO4S. The zero-order valence-corrected chi connectivity index (χ0v) is 15.5. The van der Waals surface area contributed by atoms with Crippen LogP contribution in [-0.4, -0.2) is 64.9 Å². The molecule has 0 aromatic heterocycles. The van der Waals surface area contributed by atoms with Gasteiger partial charge in [-0.1, -0.05) is 41.5 Å². The molecule has 3 saturated heterocycles. The number of aliphatic hydroxyl groups is 1. The molecule has 1 aromatic carbocycles. The van der Waals surface area contributed by atoms with Crippen LogP contribution < -0.4 is 0 Å². The Balaban J connectivity index is 1.81. The largest absolute Gasteiger partial charge is 0.617 e. The Morgan fingerprint density at radius 2 is 2.04 bits per heavy atom. The molecule has 0 aliphatic carbocycles. The quantitative estimate of drug-likeness (QED) is 0.583. The van der Waals surface area contributed by atoms with E-state index in [1.54, 1.807) is 6.26 Å². The van der Waals surface area contributed by atoms with E-state index in [-0.39, 0.29) is 18.7 Å². The smallest absolute Gasteiger partial charge is 0.319 e. The number of aliphatic hydroxyl groups excluding tert-OH is 1. The third-order valence-corrected chi connectivity index (χ3v) is 6.44. The second-order valence-electron chi connectivity index (χ2n) is 7.22. The minimum atomic E-state index is -1.14. The molecule has 1 aromatic rings. The molecule has 3 aliphatic rings. The van der Waals surface area contributed by atoms with Crippen LogP contribution in [0.1, 0.15) is 24.8 Å². The van der Waals surface area contributed by atoms with Crippen molar-refractivity contribution in [2.45, 2.75) is 30.8 Å². The van der Waals surface area contributed by atoms with Gasteiger partial charge in [0.05, 0.1) is 12.9 Å². The normalized spacial score (nSPS) is 29.0. The number of nitrogens with zero attached hydrogens (tertiary/aromatic N) is 1. The van der Waals surface area contributed by atoms with Crippen molar-refractivity contribution < 1.29 is 19.2 Å². The van der Waals surface area contributed by atoms with Gasteiger partial charge in [-0.05, 0) is 37.4 Å². The monoisotopic (exact) mass is 365 g/mol. The average molecular weight is 365 g/mol. The fourth-order valence-electron chi connectivity index (χ4n) is 3.97. The van der Waals surface area contributed by atoms with E-state index in [4.69, 9.17) is 4.74 Å². The summed E-state index contributed by atoms with van der Waals surface area (Å²) < 4.78 is 17.6. The molecule has 3 aliphatic heterocycles. The van der Waals surface area contributed by atoms with Gasteiger partial charge in [-0.2, -0.15) is 0 Å². The van der Waals surface area contributed by atoms with E-state index < -0.39 is 16.6 Å². The minimum absolute atomic E-state index is 0.100. The highest BCUT2D eigenvalue weighted by atomic mass is 32.2. The standard InChI is InChI=1S/C19H27NO4S/c1-25(23)12-9-19(14-21,16-5-3-2-4-6-16)18(22)24-17-13-20-10-7-15(17)8-11-20/h2-6,15,17,21H,7-14H2,1H3. The number of rotatable bonds is 7. The first-order valence-electron chi connectivity index (χ1n) is 8.95. The number of benzene rings is 1. The Hall–Kier alpha value is -1.08. The molecule has 1 N–H and O–H groups in total. The number of fused-ring (bicyclic) bond motifs is 3. The summed E-state index contributed by atoms with van der Waals surface area (Å²) in [7, 11) is 0. The summed E-state index contributed by atoms with van der Waals surface area (Å²) in [5.74, 6) is 0.386. The molecule has 2 bridgehead atoms. The molecule has 0 amide bonds. The lowest BCUT2D eigenvalue weighted by atomic mass is 9.78. The maximum atomic E-state index is 13.2. The molecule has 3 unspecified atom stereocenters. The number of carbonyl (C=O) groups is 1. The highest BCUT2D eigenvalue weighted by molar-refractivity contribution is 7.90. The summed E-state index contributed by atoms with van der Waals surface area (Å²) in [6.07, 6.45) is 3.96. The predicted octanol–water partition coefficient (Wildman–Crippen LogP) is 1.32. The lowest BCUT2D eigenvalue weighted by molar-refractivity contribution is -0.167. The fourth-order valence-corrected chi connectivity index (χ4v) is 4.60. The first-order chi connectivity index (χ1) is 12.0. The second-order valence-corrected chi connectivity index (χ2v) is 8.77. The molecule has 3 fully saturated rings. The van der Waals surface area contributed by atoms with Crippen LogP contribution in [0.3, 0.4) is 0 Å². The number of hydrogen-bond acceptors (Lipinski definition) is 5. The third kappa shape index (κ3) is 4.03. The predicted molar refractivity (Wildman–Crippen MR) is 97.8 cm³/mol. The van der Waals surface area contributed by atoms with Crippen LogP contribution in [0, 0.1) is 5.92 Å². The van der Waals surface area contributed by atoms with E-state index in [2.05, 4.69) is 4.90 Å². The summed E-state index contributed by atoms with van der Waals surface area (Å²) in [5, 5.41) is 10.2. The summed E-state index contributed by atoms with van der Waals surface area (Å²) >= 11 is -1.04. The van der Waals surface area contributed by atoms with Gasteiger partial charge in [-0.25, -0.2) is 0 Å². The average Bonchev–Trinajstić information content (AvgIpc) is 2.64. The van der Waals surface area contributed by atoms with Crippen LogP contribution in [0.2, 0.25) is 0 Å². The maximum absolute atomic E-state index is 13.2. The van der Waals surface area contributed by atoms with Crippen LogP contribution in [0.4, 0.5) is 0 Å². The van der Waals surface area contributed by atoms with E-state index in [1.165, 1.54) is 0 Å². The summed E-state index contributed by atoms with van der Waals surface area (Å²) in [6, 6.07) is 9.26. The van der Waals surface area contributed by atoms with E-state index in [9.17, 15) is 14.5 Å². The number of esters is 1. The fraction of sp³-hybridized carbons (Fsp3) is 0.632. The van der Waals surface area contributed by atoms with Gasteiger partial charge in [0.15, 0.2) is 0 Å². The highest BCUT2D eigenvalue weighted by Gasteiger charge is 2.45. The third-order valence-electron chi connectivity index (χ3n) is 5.66. The van der Waals surface area contributed by atoms with Crippen molar-refractivity contribution in [1.29, 1.82) is 0 Å². The van der Waals surface area contributed by atoms with Crippen molar-refractivity contribution in [3.05, 3.63) is 35.9 Å². The topological polar surface area (TPSA) is 72.8 Å². The van der Waals surface area contributed by atoms with E-state index in [0.717, 1.165) is 38.0 Å². The SMILES string of the molecule is C[S+]([O-])CCC(CO)(C(=O)OC1CN2CCC1CC2)c1ccccc1. The van der Waals surface area contributed by atoms with Gasteiger partial charge in [0.25, 0.3) is 0 Å². The number of hydrogen-bond donors (Lipinski definition) is 1. The number of carbonyl (C=O) groups excluding carboxylic acids is 1. The van der Waals surface area contributed by atoms with Gasteiger partial charge in [-0.3, -0.25) is 9.69 Å². The van der Waals surface area contributed by atoms with Gasteiger partial charge in [0, 0.05) is 13.0 Å². The number of ether oxygens (including phenoxy) is 1. The first kappa shape index (κ1) is 18.7. The zero-order chi connectivity index (χ0) is 17.9. The van der Waals surface area contributed by atoms with Gasteiger partial charge in [0.2, 0.25) is 0 Å². The second kappa shape index (κ2) is 8.08. The van der Waals surface area contributed by atoms with Gasteiger partial charge < -0.3 is 14.4 Å². The lowest BCUT2D eigenvalue weighted by Gasteiger charge is -2.45. The van der Waals surface area contributed by atoms with Crippen LogP contribution in [0.25, 0.3) is 0 Å². The summed E-state index contributed by atoms with van der Waals surface area (Å²) in [6.45, 7) is 2.61.